The molecule has 1 fully saturated rings. The van der Waals surface area contributed by atoms with E-state index < -0.39 is 10.0 Å². The van der Waals surface area contributed by atoms with Crippen LogP contribution in [0.4, 0.5) is 0 Å². The number of thioether (sulfide) groups is 1. The van der Waals surface area contributed by atoms with Crippen molar-refractivity contribution in [3.8, 4) is 0 Å². The average Bonchev–Trinajstić information content (AvgIpc) is 2.36. The van der Waals surface area contributed by atoms with E-state index in [2.05, 4.69) is 5.32 Å². The lowest BCUT2D eigenvalue weighted by Crippen LogP contribution is -2.34. The van der Waals surface area contributed by atoms with E-state index in [9.17, 15) is 8.42 Å². The summed E-state index contributed by atoms with van der Waals surface area (Å²) < 4.78 is 21.1. The third-order valence-corrected chi connectivity index (χ3v) is 3.68. The Kier molecular flexibility index (Phi) is 3.82. The molecule has 0 aromatic rings. The van der Waals surface area contributed by atoms with E-state index in [1.807, 2.05) is 11.8 Å². The minimum atomic E-state index is -3.29. The molecule has 1 rings (SSSR count). The first-order valence-electron chi connectivity index (χ1n) is 3.89. The van der Waals surface area contributed by atoms with Gasteiger partial charge in [-0.3, -0.25) is 0 Å². The van der Waals surface area contributed by atoms with Gasteiger partial charge in [0.1, 0.15) is 0 Å². The maximum atomic E-state index is 10.5. The molecule has 1 heterocycles. The first kappa shape index (κ1) is 10.3. The lowest BCUT2D eigenvalue weighted by molar-refractivity contribution is 0.563. The Bertz CT molecular complexity index is 222. The van der Waals surface area contributed by atoms with Crippen LogP contribution in [-0.2, 0) is 10.0 Å². The minimum absolute atomic E-state index is 0.0359. The van der Waals surface area contributed by atoms with Gasteiger partial charge in [0.25, 0.3) is 0 Å². The zero-order valence-corrected chi connectivity index (χ0v) is 8.46. The van der Waals surface area contributed by atoms with Gasteiger partial charge in [-0.25, -0.2) is 13.6 Å². The number of nitrogens with two attached hydrogens (primary N) is 1. The van der Waals surface area contributed by atoms with Crippen LogP contribution in [-0.4, -0.2) is 38.3 Å². The van der Waals surface area contributed by atoms with E-state index in [0.717, 1.165) is 12.2 Å². The summed E-state index contributed by atoms with van der Waals surface area (Å²) in [6, 6.07) is 0.483. The molecule has 0 amide bonds. The number of rotatable bonds is 4. The number of sulfonamides is 1. The summed E-state index contributed by atoms with van der Waals surface area (Å²) in [7, 11) is -3.29. The highest BCUT2D eigenvalue weighted by atomic mass is 32.2. The first-order chi connectivity index (χ1) is 5.58. The zero-order chi connectivity index (χ0) is 9.03. The normalized spacial score (nSPS) is 24.6. The largest absolute Gasteiger partial charge is 0.312 e. The summed E-state index contributed by atoms with van der Waals surface area (Å²) in [4.78, 5) is 0. The molecule has 0 bridgehead atoms. The van der Waals surface area contributed by atoms with Crippen LogP contribution >= 0.6 is 11.8 Å². The predicted octanol–water partition coefficient (Wildman–Crippen LogP) is -0.630. The van der Waals surface area contributed by atoms with Gasteiger partial charge in [-0.15, -0.1) is 0 Å². The van der Waals surface area contributed by atoms with Gasteiger partial charge in [-0.1, -0.05) is 0 Å². The SMILES string of the molecule is NS(=O)(=O)CCNC1CCSC1. The van der Waals surface area contributed by atoms with Gasteiger partial charge in [0.05, 0.1) is 5.75 Å². The Morgan fingerprint density at radius 1 is 1.58 bits per heavy atom. The van der Waals surface area contributed by atoms with E-state index in [4.69, 9.17) is 5.14 Å². The molecule has 4 nitrogen and oxygen atoms in total. The predicted molar refractivity (Wildman–Crippen MR) is 51.7 cm³/mol. The Labute approximate surface area is 77.3 Å². The van der Waals surface area contributed by atoms with Gasteiger partial charge < -0.3 is 5.32 Å². The van der Waals surface area contributed by atoms with Crippen molar-refractivity contribution in [2.24, 2.45) is 5.14 Å². The molecule has 12 heavy (non-hydrogen) atoms. The van der Waals surface area contributed by atoms with Crippen LogP contribution in [0.25, 0.3) is 0 Å². The summed E-state index contributed by atoms with van der Waals surface area (Å²) in [6.45, 7) is 0.476. The maximum Gasteiger partial charge on any atom is 0.210 e. The lowest BCUT2D eigenvalue weighted by Gasteiger charge is -2.09. The molecule has 1 unspecified atom stereocenters. The molecular formula is C6H14N2O2S2. The Morgan fingerprint density at radius 2 is 2.33 bits per heavy atom. The van der Waals surface area contributed by atoms with Gasteiger partial charge in [0, 0.05) is 18.3 Å². The minimum Gasteiger partial charge on any atom is -0.312 e. The monoisotopic (exact) mass is 210 g/mol. The lowest BCUT2D eigenvalue weighted by atomic mass is 10.3. The third kappa shape index (κ3) is 4.30. The molecule has 1 atom stereocenters. The first-order valence-corrected chi connectivity index (χ1v) is 6.76. The van der Waals surface area contributed by atoms with E-state index in [-0.39, 0.29) is 5.75 Å². The van der Waals surface area contributed by atoms with Crippen molar-refractivity contribution < 1.29 is 8.42 Å². The van der Waals surface area contributed by atoms with Crippen molar-refractivity contribution in [2.45, 2.75) is 12.5 Å². The molecule has 0 aromatic heterocycles. The standard InChI is InChI=1S/C6H14N2O2S2/c7-12(9,10)4-2-8-6-1-3-11-5-6/h6,8H,1-5H2,(H2,7,9,10). The fraction of sp³-hybridized carbons (Fsp3) is 1.00. The third-order valence-electron chi connectivity index (χ3n) is 1.75. The summed E-state index contributed by atoms with van der Waals surface area (Å²) >= 11 is 1.90. The molecule has 0 aromatic carbocycles. The van der Waals surface area contributed by atoms with E-state index in [0.29, 0.717) is 12.6 Å². The topological polar surface area (TPSA) is 72.2 Å². The van der Waals surface area contributed by atoms with Gasteiger partial charge in [-0.05, 0) is 12.2 Å². The van der Waals surface area contributed by atoms with E-state index in [1.54, 1.807) is 0 Å². The molecule has 1 aliphatic heterocycles. The highest BCUT2D eigenvalue weighted by Crippen LogP contribution is 2.16. The fourth-order valence-electron chi connectivity index (χ4n) is 1.10. The van der Waals surface area contributed by atoms with Crippen LogP contribution in [0, 0.1) is 0 Å². The molecule has 3 N–H and O–H groups in total. The Hall–Kier alpha value is 0.220. The molecule has 0 aliphatic carbocycles. The molecular weight excluding hydrogens is 196 g/mol. The molecule has 72 valence electrons. The van der Waals surface area contributed by atoms with Crippen LogP contribution in [0.1, 0.15) is 6.42 Å². The Balaban J connectivity index is 2.09. The summed E-state index contributed by atoms with van der Waals surface area (Å²) in [5.41, 5.74) is 0. The second-order valence-corrected chi connectivity index (χ2v) is 5.77. The molecule has 0 saturated carbocycles. The van der Waals surface area contributed by atoms with E-state index >= 15 is 0 Å². The summed E-state index contributed by atoms with van der Waals surface area (Å²) in [6.07, 6.45) is 1.13. The van der Waals surface area contributed by atoms with Crippen LogP contribution in [0.5, 0.6) is 0 Å². The number of hydrogen-bond acceptors (Lipinski definition) is 4. The van der Waals surface area contributed by atoms with Crippen LogP contribution in [0.15, 0.2) is 0 Å². The quantitative estimate of drug-likeness (QED) is 0.648. The number of hydrogen-bond donors (Lipinski definition) is 2. The molecule has 1 aliphatic rings. The van der Waals surface area contributed by atoms with Crippen molar-refractivity contribution in [3.05, 3.63) is 0 Å². The zero-order valence-electron chi connectivity index (χ0n) is 6.82. The van der Waals surface area contributed by atoms with Crippen LogP contribution in [0.2, 0.25) is 0 Å². The van der Waals surface area contributed by atoms with Crippen LogP contribution < -0.4 is 10.5 Å². The van der Waals surface area contributed by atoms with Crippen molar-refractivity contribution in [1.29, 1.82) is 0 Å². The number of nitrogens with one attached hydrogen (secondary N) is 1. The number of primary sulfonamides is 1. The average molecular weight is 210 g/mol. The summed E-state index contributed by atoms with van der Waals surface area (Å²) in [5, 5.41) is 8.01. The van der Waals surface area contributed by atoms with Crippen LogP contribution in [0.3, 0.4) is 0 Å². The fourth-order valence-corrected chi connectivity index (χ4v) is 2.69. The summed E-state index contributed by atoms with van der Waals surface area (Å²) in [5.74, 6) is 2.30. The highest BCUT2D eigenvalue weighted by Gasteiger charge is 2.14. The van der Waals surface area contributed by atoms with Gasteiger partial charge in [0.15, 0.2) is 0 Å². The van der Waals surface area contributed by atoms with Crippen molar-refractivity contribution >= 4 is 21.8 Å². The van der Waals surface area contributed by atoms with Gasteiger partial charge in [0.2, 0.25) is 10.0 Å². The molecule has 0 spiro atoms. The second kappa shape index (κ2) is 4.45. The maximum absolute atomic E-state index is 10.5. The molecule has 0 radical (unpaired) electrons. The van der Waals surface area contributed by atoms with Crippen molar-refractivity contribution in [1.82, 2.24) is 5.32 Å². The molecule has 1 saturated heterocycles. The van der Waals surface area contributed by atoms with Gasteiger partial charge in [-0.2, -0.15) is 11.8 Å². The Morgan fingerprint density at radius 3 is 2.83 bits per heavy atom. The second-order valence-electron chi connectivity index (χ2n) is 2.88. The highest BCUT2D eigenvalue weighted by molar-refractivity contribution is 7.99. The van der Waals surface area contributed by atoms with Crippen molar-refractivity contribution in [3.63, 3.8) is 0 Å². The van der Waals surface area contributed by atoms with Gasteiger partial charge >= 0.3 is 0 Å². The van der Waals surface area contributed by atoms with Crippen molar-refractivity contribution in [2.75, 3.05) is 23.8 Å². The smallest absolute Gasteiger partial charge is 0.210 e. The molecule has 6 heteroatoms. The van der Waals surface area contributed by atoms with E-state index in [1.165, 1.54) is 5.75 Å².